The van der Waals surface area contributed by atoms with E-state index < -0.39 is 0 Å². The number of likely N-dealkylation sites (N-methyl/N-ethyl adjacent to an activating group) is 1. The van der Waals surface area contributed by atoms with Gasteiger partial charge >= 0.3 is 0 Å². The van der Waals surface area contributed by atoms with Gasteiger partial charge in [-0.3, -0.25) is 4.79 Å². The number of rotatable bonds is 4. The van der Waals surface area contributed by atoms with E-state index in [-0.39, 0.29) is 18.4 Å². The highest BCUT2D eigenvalue weighted by atomic mass is 16.2. The average molecular weight is 248 g/mol. The number of amides is 1. The van der Waals surface area contributed by atoms with E-state index in [0.29, 0.717) is 0 Å². The summed E-state index contributed by atoms with van der Waals surface area (Å²) in [5, 5.41) is 2.97. The summed E-state index contributed by atoms with van der Waals surface area (Å²) in [4.78, 5) is 16.8. The lowest BCUT2D eigenvalue weighted by atomic mass is 10.1. The molecule has 0 atom stereocenters. The summed E-state index contributed by atoms with van der Waals surface area (Å²) >= 11 is 0. The van der Waals surface area contributed by atoms with E-state index in [0.717, 1.165) is 12.1 Å². The molecule has 0 saturated heterocycles. The Morgan fingerprint density at radius 2 is 2.17 bits per heavy atom. The van der Waals surface area contributed by atoms with Crippen LogP contribution in [0.4, 0.5) is 5.69 Å². The highest BCUT2D eigenvalue weighted by Crippen LogP contribution is 2.10. The van der Waals surface area contributed by atoms with Crippen LogP contribution in [0.15, 0.2) is 29.3 Å². The number of carbonyl (C=O) groups excluding carboxylic acids is 1. The summed E-state index contributed by atoms with van der Waals surface area (Å²) in [6.07, 6.45) is 0.964. The summed E-state index contributed by atoms with van der Waals surface area (Å²) in [6, 6.07) is 7.93. The Kier molecular flexibility index (Phi) is 5.17. The topological polar surface area (TPSA) is 70.7 Å². The van der Waals surface area contributed by atoms with Crippen LogP contribution in [-0.4, -0.2) is 37.4 Å². The first-order chi connectivity index (χ1) is 8.52. The summed E-state index contributed by atoms with van der Waals surface area (Å²) in [5.41, 5.74) is 7.82. The lowest BCUT2D eigenvalue weighted by Gasteiger charge is -2.09. The van der Waals surface area contributed by atoms with Gasteiger partial charge in [0.25, 0.3) is 0 Å². The van der Waals surface area contributed by atoms with Gasteiger partial charge in [-0.05, 0) is 24.1 Å². The zero-order valence-corrected chi connectivity index (χ0v) is 11.1. The summed E-state index contributed by atoms with van der Waals surface area (Å²) < 4.78 is 0. The number of hydrogen-bond donors (Lipinski definition) is 2. The van der Waals surface area contributed by atoms with Gasteiger partial charge in [-0.15, -0.1) is 0 Å². The lowest BCUT2D eigenvalue weighted by molar-refractivity contribution is -0.127. The molecule has 0 unspecified atom stereocenters. The molecule has 0 bridgehead atoms. The fraction of sp³-hybridized carbons (Fsp3) is 0.385. The van der Waals surface area contributed by atoms with Crippen molar-refractivity contribution in [3.63, 3.8) is 0 Å². The van der Waals surface area contributed by atoms with Crippen molar-refractivity contribution in [2.75, 3.05) is 26.0 Å². The van der Waals surface area contributed by atoms with E-state index in [4.69, 9.17) is 5.73 Å². The molecule has 5 nitrogen and oxygen atoms in total. The van der Waals surface area contributed by atoms with Crippen LogP contribution in [-0.2, 0) is 11.2 Å². The number of guanidine groups is 1. The minimum absolute atomic E-state index is 0.0549. The molecule has 0 aliphatic rings. The standard InChI is InChI=1S/C13H20N4O/c1-4-10-6-5-7-11(8-10)16-13(14)15-9-12(18)17(2)3/h5-8H,4,9H2,1-3H3,(H3,14,15,16). The molecule has 5 heteroatoms. The second-order valence-corrected chi connectivity index (χ2v) is 4.17. The molecule has 3 N–H and O–H groups in total. The third-order valence-corrected chi connectivity index (χ3v) is 2.49. The van der Waals surface area contributed by atoms with Gasteiger partial charge in [0.2, 0.25) is 5.91 Å². The Hall–Kier alpha value is -2.04. The molecular formula is C13H20N4O. The fourth-order valence-electron chi connectivity index (χ4n) is 1.35. The van der Waals surface area contributed by atoms with E-state index in [2.05, 4.69) is 17.2 Å². The van der Waals surface area contributed by atoms with Crippen LogP contribution in [0.1, 0.15) is 12.5 Å². The van der Waals surface area contributed by atoms with E-state index in [1.165, 1.54) is 10.5 Å². The molecule has 1 aromatic carbocycles. The molecule has 98 valence electrons. The van der Waals surface area contributed by atoms with Crippen molar-refractivity contribution in [2.24, 2.45) is 10.7 Å². The maximum atomic E-state index is 11.3. The van der Waals surface area contributed by atoms with Crippen LogP contribution < -0.4 is 11.1 Å². The number of aliphatic imine (C=N–C) groups is 1. The third-order valence-electron chi connectivity index (χ3n) is 2.49. The highest BCUT2D eigenvalue weighted by Gasteiger charge is 2.02. The highest BCUT2D eigenvalue weighted by molar-refractivity contribution is 5.93. The number of nitrogens with zero attached hydrogens (tertiary/aromatic N) is 2. The molecule has 0 aromatic heterocycles. The lowest BCUT2D eigenvalue weighted by Crippen LogP contribution is -2.28. The van der Waals surface area contributed by atoms with Crippen molar-refractivity contribution in [1.29, 1.82) is 0 Å². The third kappa shape index (κ3) is 4.45. The maximum Gasteiger partial charge on any atom is 0.243 e. The molecule has 1 aromatic rings. The first-order valence-electron chi connectivity index (χ1n) is 5.89. The van der Waals surface area contributed by atoms with Crippen LogP contribution in [0.25, 0.3) is 0 Å². The van der Waals surface area contributed by atoms with Crippen LogP contribution in [0.5, 0.6) is 0 Å². The van der Waals surface area contributed by atoms with Gasteiger partial charge in [-0.2, -0.15) is 0 Å². The molecule has 0 saturated carbocycles. The number of hydrogen-bond acceptors (Lipinski definition) is 2. The maximum absolute atomic E-state index is 11.3. The number of aryl methyl sites for hydroxylation is 1. The molecule has 0 fully saturated rings. The molecule has 1 amide bonds. The van der Waals surface area contributed by atoms with Gasteiger partial charge in [0, 0.05) is 19.8 Å². The van der Waals surface area contributed by atoms with E-state index >= 15 is 0 Å². The number of carbonyl (C=O) groups is 1. The number of benzene rings is 1. The molecule has 0 radical (unpaired) electrons. The van der Waals surface area contributed by atoms with Crippen LogP contribution in [0, 0.1) is 0 Å². The summed E-state index contributed by atoms with van der Waals surface area (Å²) in [5.74, 6) is 0.167. The Bertz CT molecular complexity index is 440. The Labute approximate surface area is 108 Å². The first-order valence-corrected chi connectivity index (χ1v) is 5.89. The zero-order valence-electron chi connectivity index (χ0n) is 11.1. The number of anilines is 1. The minimum Gasteiger partial charge on any atom is -0.370 e. The molecule has 0 heterocycles. The Morgan fingerprint density at radius 1 is 1.44 bits per heavy atom. The average Bonchev–Trinajstić information content (AvgIpc) is 2.36. The first kappa shape index (κ1) is 14.0. The molecule has 1 rings (SSSR count). The van der Waals surface area contributed by atoms with Crippen molar-refractivity contribution >= 4 is 17.6 Å². The predicted molar refractivity (Wildman–Crippen MR) is 74.6 cm³/mol. The van der Waals surface area contributed by atoms with Crippen LogP contribution >= 0.6 is 0 Å². The van der Waals surface area contributed by atoms with Gasteiger partial charge in [0.05, 0.1) is 0 Å². The van der Waals surface area contributed by atoms with Crippen LogP contribution in [0.3, 0.4) is 0 Å². The van der Waals surface area contributed by atoms with Gasteiger partial charge in [0.1, 0.15) is 6.54 Å². The second-order valence-electron chi connectivity index (χ2n) is 4.17. The van der Waals surface area contributed by atoms with Gasteiger partial charge < -0.3 is 16.0 Å². The van der Waals surface area contributed by atoms with Crippen molar-refractivity contribution in [1.82, 2.24) is 4.90 Å². The van der Waals surface area contributed by atoms with E-state index in [1.54, 1.807) is 14.1 Å². The molecule has 0 spiro atoms. The fourth-order valence-corrected chi connectivity index (χ4v) is 1.35. The minimum atomic E-state index is -0.0814. The zero-order chi connectivity index (χ0) is 13.5. The second kappa shape index (κ2) is 6.64. The van der Waals surface area contributed by atoms with E-state index in [9.17, 15) is 4.79 Å². The molecule has 18 heavy (non-hydrogen) atoms. The van der Waals surface area contributed by atoms with E-state index in [1.807, 2.05) is 24.3 Å². The predicted octanol–water partition coefficient (Wildman–Crippen LogP) is 1.06. The smallest absolute Gasteiger partial charge is 0.243 e. The van der Waals surface area contributed by atoms with Gasteiger partial charge in [0.15, 0.2) is 5.96 Å². The summed E-state index contributed by atoms with van der Waals surface area (Å²) in [6.45, 7) is 2.14. The molecular weight excluding hydrogens is 228 g/mol. The largest absolute Gasteiger partial charge is 0.370 e. The summed E-state index contributed by atoms with van der Waals surface area (Å²) in [7, 11) is 3.37. The molecule has 0 aliphatic heterocycles. The Balaban J connectivity index is 2.60. The van der Waals surface area contributed by atoms with Gasteiger partial charge in [-0.25, -0.2) is 4.99 Å². The normalized spacial score (nSPS) is 11.2. The number of nitrogens with one attached hydrogen (secondary N) is 1. The van der Waals surface area contributed by atoms with Crippen molar-refractivity contribution < 1.29 is 4.79 Å². The molecule has 0 aliphatic carbocycles. The van der Waals surface area contributed by atoms with Crippen molar-refractivity contribution in [2.45, 2.75) is 13.3 Å². The van der Waals surface area contributed by atoms with Crippen LogP contribution in [0.2, 0.25) is 0 Å². The SMILES string of the molecule is CCc1cccc(NC(N)=NCC(=O)N(C)C)c1. The monoisotopic (exact) mass is 248 g/mol. The van der Waals surface area contributed by atoms with Crippen molar-refractivity contribution in [3.8, 4) is 0 Å². The Morgan fingerprint density at radius 3 is 2.78 bits per heavy atom. The van der Waals surface area contributed by atoms with Gasteiger partial charge in [-0.1, -0.05) is 19.1 Å². The quantitative estimate of drug-likeness (QED) is 0.618. The number of nitrogens with two attached hydrogens (primary N) is 1. The van der Waals surface area contributed by atoms with Crippen molar-refractivity contribution in [3.05, 3.63) is 29.8 Å².